The number of aromatic carboxylic acids is 1. The maximum atomic E-state index is 13.7. The van der Waals surface area contributed by atoms with E-state index in [-0.39, 0.29) is 35.8 Å². The summed E-state index contributed by atoms with van der Waals surface area (Å²) in [5.41, 5.74) is 2.44. The summed E-state index contributed by atoms with van der Waals surface area (Å²) >= 11 is 0. The third-order valence-corrected chi connectivity index (χ3v) is 7.12. The second-order valence-corrected chi connectivity index (χ2v) is 10.4. The number of hydrogen-bond donors (Lipinski definition) is 4. The van der Waals surface area contributed by atoms with Crippen LogP contribution < -0.4 is 15.4 Å². The fraction of sp³-hybridized carbons (Fsp3) is 0.323. The molecule has 3 aromatic carbocycles. The zero-order valence-corrected chi connectivity index (χ0v) is 23.4. The van der Waals surface area contributed by atoms with Crippen LogP contribution in [0.15, 0.2) is 72.8 Å². The Hall–Kier alpha value is -4.41. The molecule has 0 unspecified atom stereocenters. The number of rotatable bonds is 9. The van der Waals surface area contributed by atoms with Crippen molar-refractivity contribution in [2.24, 2.45) is 5.92 Å². The van der Waals surface area contributed by atoms with Crippen LogP contribution in [0.1, 0.15) is 40.1 Å². The van der Waals surface area contributed by atoms with E-state index < -0.39 is 18.0 Å². The first-order valence-electron chi connectivity index (χ1n) is 13.5. The number of para-hydroxylation sites is 2. The molecular weight excluding hydrogens is 524 g/mol. The molecule has 41 heavy (non-hydrogen) atoms. The summed E-state index contributed by atoms with van der Waals surface area (Å²) in [7, 11) is 1.94. The van der Waals surface area contributed by atoms with Crippen LogP contribution in [-0.4, -0.2) is 76.8 Å². The molecule has 0 aliphatic carbocycles. The minimum atomic E-state index is -0.974. The molecule has 4 rings (SSSR count). The Kier molecular flexibility index (Phi) is 9.59. The van der Waals surface area contributed by atoms with Gasteiger partial charge in [-0.25, -0.2) is 9.59 Å². The van der Waals surface area contributed by atoms with Crippen molar-refractivity contribution in [2.75, 3.05) is 37.4 Å². The Bertz CT molecular complexity index is 1360. The van der Waals surface area contributed by atoms with Crippen molar-refractivity contribution in [1.29, 1.82) is 0 Å². The molecule has 0 saturated carbocycles. The number of anilines is 2. The van der Waals surface area contributed by atoms with Crippen LogP contribution in [0.25, 0.3) is 0 Å². The van der Waals surface area contributed by atoms with Crippen LogP contribution in [-0.2, 0) is 6.54 Å². The summed E-state index contributed by atoms with van der Waals surface area (Å²) in [6, 6.07) is 19.9. The molecule has 3 amide bonds. The first kappa shape index (κ1) is 29.6. The number of aliphatic hydroxyl groups is 1. The molecule has 0 aromatic heterocycles. The molecule has 3 aromatic rings. The van der Waals surface area contributed by atoms with Crippen molar-refractivity contribution in [1.82, 2.24) is 9.80 Å². The Morgan fingerprint density at radius 1 is 1.05 bits per heavy atom. The minimum Gasteiger partial charge on any atom is -0.486 e. The molecular formula is C31H36N4O6. The summed E-state index contributed by atoms with van der Waals surface area (Å²) < 4.78 is 6.55. The minimum absolute atomic E-state index is 0.121. The normalized spacial score (nSPS) is 17.6. The van der Waals surface area contributed by atoms with Crippen LogP contribution >= 0.6 is 0 Å². The number of fused-ring (bicyclic) bond motifs is 1. The van der Waals surface area contributed by atoms with E-state index in [1.54, 1.807) is 66.4 Å². The predicted molar refractivity (Wildman–Crippen MR) is 156 cm³/mol. The zero-order valence-electron chi connectivity index (χ0n) is 23.4. The Morgan fingerprint density at radius 3 is 2.41 bits per heavy atom. The molecule has 0 radical (unpaired) electrons. The Balaban J connectivity index is 1.60. The van der Waals surface area contributed by atoms with E-state index in [2.05, 4.69) is 15.5 Å². The summed E-state index contributed by atoms with van der Waals surface area (Å²) in [5.74, 6) is -1.11. The summed E-state index contributed by atoms with van der Waals surface area (Å²) in [5, 5.41) is 24.7. The van der Waals surface area contributed by atoms with Crippen LogP contribution in [0.3, 0.4) is 0 Å². The number of benzene rings is 3. The van der Waals surface area contributed by atoms with Gasteiger partial charge < -0.3 is 30.5 Å². The number of nitrogens with zero attached hydrogens (tertiary/aromatic N) is 2. The first-order chi connectivity index (χ1) is 19.7. The Labute approximate surface area is 239 Å². The second kappa shape index (κ2) is 13.3. The van der Waals surface area contributed by atoms with Gasteiger partial charge in [-0.3, -0.25) is 9.69 Å². The van der Waals surface area contributed by atoms with Crippen molar-refractivity contribution in [3.63, 3.8) is 0 Å². The van der Waals surface area contributed by atoms with Gasteiger partial charge in [-0.05, 0) is 55.9 Å². The first-order valence-corrected chi connectivity index (χ1v) is 13.5. The molecule has 1 heterocycles. The van der Waals surface area contributed by atoms with E-state index >= 15 is 0 Å². The number of hydrogen-bond acceptors (Lipinski definition) is 6. The number of ether oxygens (including phenoxy) is 1. The fourth-order valence-corrected chi connectivity index (χ4v) is 4.80. The number of nitrogens with one attached hydrogen (secondary N) is 2. The van der Waals surface area contributed by atoms with Gasteiger partial charge in [0.25, 0.3) is 5.91 Å². The van der Waals surface area contributed by atoms with Crippen molar-refractivity contribution >= 4 is 29.3 Å². The van der Waals surface area contributed by atoms with Crippen molar-refractivity contribution in [3.05, 3.63) is 89.5 Å². The van der Waals surface area contributed by atoms with Crippen LogP contribution in [0, 0.1) is 5.92 Å². The van der Waals surface area contributed by atoms with E-state index in [4.69, 9.17) is 4.74 Å². The van der Waals surface area contributed by atoms with Crippen molar-refractivity contribution < 1.29 is 29.3 Å². The van der Waals surface area contributed by atoms with Gasteiger partial charge in [-0.15, -0.1) is 0 Å². The van der Waals surface area contributed by atoms with Gasteiger partial charge >= 0.3 is 12.0 Å². The number of likely N-dealkylation sites (N-methyl/N-ethyl adjacent to an activating group) is 1. The number of carboxylic acid groups (broad SMARTS) is 1. The molecule has 216 valence electrons. The highest BCUT2D eigenvalue weighted by molar-refractivity contribution is 6.04. The quantitative estimate of drug-likeness (QED) is 0.305. The van der Waals surface area contributed by atoms with E-state index in [1.807, 2.05) is 32.2 Å². The number of amides is 3. The molecule has 10 heteroatoms. The highest BCUT2D eigenvalue weighted by Crippen LogP contribution is 2.35. The van der Waals surface area contributed by atoms with E-state index in [0.29, 0.717) is 36.6 Å². The van der Waals surface area contributed by atoms with Crippen LogP contribution in [0.2, 0.25) is 0 Å². The second-order valence-electron chi connectivity index (χ2n) is 10.4. The fourth-order valence-electron chi connectivity index (χ4n) is 4.80. The lowest BCUT2D eigenvalue weighted by molar-refractivity contribution is 0.0343. The third-order valence-electron chi connectivity index (χ3n) is 7.12. The van der Waals surface area contributed by atoms with Crippen molar-refractivity contribution in [3.8, 4) is 5.75 Å². The Morgan fingerprint density at radius 2 is 1.76 bits per heavy atom. The topological polar surface area (TPSA) is 131 Å². The molecule has 4 N–H and O–H groups in total. The highest BCUT2D eigenvalue weighted by Gasteiger charge is 2.34. The lowest BCUT2D eigenvalue weighted by Gasteiger charge is -2.38. The number of urea groups is 1. The maximum Gasteiger partial charge on any atom is 0.335 e. The molecule has 0 saturated heterocycles. The largest absolute Gasteiger partial charge is 0.486 e. The van der Waals surface area contributed by atoms with Gasteiger partial charge in [0.05, 0.1) is 29.5 Å². The molecule has 1 aliphatic heterocycles. The number of aliphatic hydroxyl groups excluding tert-OH is 1. The maximum absolute atomic E-state index is 13.7. The van der Waals surface area contributed by atoms with Crippen LogP contribution in [0.4, 0.5) is 16.2 Å². The molecule has 3 atom stereocenters. The van der Waals surface area contributed by atoms with E-state index in [9.17, 15) is 24.6 Å². The molecule has 0 spiro atoms. The van der Waals surface area contributed by atoms with Gasteiger partial charge in [0.2, 0.25) is 0 Å². The van der Waals surface area contributed by atoms with Gasteiger partial charge in [-0.1, -0.05) is 43.3 Å². The lowest BCUT2D eigenvalue weighted by atomic mass is 9.98. The monoisotopic (exact) mass is 560 g/mol. The zero-order chi connectivity index (χ0) is 29.5. The third kappa shape index (κ3) is 7.41. The summed E-state index contributed by atoms with van der Waals surface area (Å²) in [6.45, 7) is 5.01. The van der Waals surface area contributed by atoms with Gasteiger partial charge in [0.1, 0.15) is 6.10 Å². The summed E-state index contributed by atoms with van der Waals surface area (Å²) in [4.78, 5) is 41.4. The van der Waals surface area contributed by atoms with E-state index in [0.717, 1.165) is 5.56 Å². The van der Waals surface area contributed by atoms with Gasteiger partial charge in [-0.2, -0.15) is 0 Å². The SMILES string of the molecule is C[C@@H]1CN([C@@H](C)CO)C(=O)c2cccc(NC(=O)Nc3ccccc3)c2O[C@@H]1CN(C)Cc1ccc(C(=O)O)cc1. The molecule has 0 fully saturated rings. The lowest BCUT2D eigenvalue weighted by Crippen LogP contribution is -2.49. The predicted octanol–water partition coefficient (Wildman–Crippen LogP) is 4.38. The highest BCUT2D eigenvalue weighted by atomic mass is 16.5. The average Bonchev–Trinajstić information content (AvgIpc) is 2.95. The smallest absolute Gasteiger partial charge is 0.335 e. The molecule has 0 bridgehead atoms. The number of carboxylic acids is 1. The average molecular weight is 561 g/mol. The van der Waals surface area contributed by atoms with Gasteiger partial charge in [0.15, 0.2) is 5.75 Å². The van der Waals surface area contributed by atoms with Gasteiger partial charge in [0, 0.05) is 31.2 Å². The van der Waals surface area contributed by atoms with E-state index in [1.165, 1.54) is 0 Å². The number of carbonyl (C=O) groups is 3. The number of carbonyl (C=O) groups excluding carboxylic acids is 2. The molecule has 10 nitrogen and oxygen atoms in total. The summed E-state index contributed by atoms with van der Waals surface area (Å²) in [6.07, 6.45) is -0.376. The standard InChI is InChI=1S/C31H36N4O6/c1-20-16-35(21(2)19-36)29(37)25-10-7-11-26(33-31(40)32-24-8-5-4-6-9-24)28(25)41-27(20)18-34(3)17-22-12-14-23(15-13-22)30(38)39/h4-15,20-21,27,36H,16-19H2,1-3H3,(H,38,39)(H2,32,33,40)/t20-,21+,27-/m1/s1. The van der Waals surface area contributed by atoms with Crippen LogP contribution in [0.5, 0.6) is 5.75 Å². The van der Waals surface area contributed by atoms with Crippen molar-refractivity contribution in [2.45, 2.75) is 32.5 Å². The molecule has 1 aliphatic rings.